The number of ether oxygens (including phenoxy) is 2. The fourth-order valence-corrected chi connectivity index (χ4v) is 3.56. The molecule has 1 fully saturated rings. The summed E-state index contributed by atoms with van der Waals surface area (Å²) in [5.74, 6) is 1.29. The van der Waals surface area contributed by atoms with Crippen molar-refractivity contribution in [2.75, 3.05) is 23.4 Å². The summed E-state index contributed by atoms with van der Waals surface area (Å²) in [6.07, 6.45) is -1.11. The van der Waals surface area contributed by atoms with Crippen molar-refractivity contribution in [1.29, 1.82) is 0 Å². The van der Waals surface area contributed by atoms with Crippen LogP contribution in [0.4, 0.5) is 16.4 Å². The largest absolute Gasteiger partial charge is 0.544 e. The van der Waals surface area contributed by atoms with E-state index in [-0.39, 0.29) is 29.9 Å². The van der Waals surface area contributed by atoms with Crippen LogP contribution >= 0.6 is 0 Å². The van der Waals surface area contributed by atoms with Gasteiger partial charge in [0.25, 0.3) is 5.91 Å². The van der Waals surface area contributed by atoms with Crippen molar-refractivity contribution in [2.45, 2.75) is 45.0 Å². The Morgan fingerprint density at radius 1 is 1.37 bits per heavy atom. The molecule has 0 spiro atoms. The number of amides is 2. The Kier molecular flexibility index (Phi) is 4.67. The van der Waals surface area contributed by atoms with Crippen molar-refractivity contribution in [3.05, 3.63) is 24.5 Å². The van der Waals surface area contributed by atoms with Crippen molar-refractivity contribution in [3.8, 4) is 5.75 Å². The Labute approximate surface area is 159 Å². The van der Waals surface area contributed by atoms with Gasteiger partial charge in [0, 0.05) is 0 Å². The molecule has 2 aliphatic heterocycles. The number of hydrogen-bond acceptors (Lipinski definition) is 6. The molecule has 1 N–H and O–H groups in total. The first-order valence-corrected chi connectivity index (χ1v) is 11.7. The van der Waals surface area contributed by atoms with Gasteiger partial charge < -0.3 is 19.2 Å². The first kappa shape index (κ1) is 19.2. The fourth-order valence-electron chi connectivity index (χ4n) is 2.47. The third kappa shape index (κ3) is 3.78. The zero-order chi connectivity index (χ0) is 20.0. The molecule has 2 aliphatic rings. The Hall–Kier alpha value is -2.55. The van der Waals surface area contributed by atoms with Crippen LogP contribution in [0.25, 0.3) is 0 Å². The summed E-state index contributed by atoms with van der Waals surface area (Å²) < 4.78 is 16.9. The first-order chi connectivity index (χ1) is 12.5. The zero-order valence-corrected chi connectivity index (χ0v) is 17.3. The third-order valence-electron chi connectivity index (χ3n) is 5.10. The first-order valence-electron chi connectivity index (χ1n) is 8.77. The van der Waals surface area contributed by atoms with E-state index in [2.05, 4.69) is 50.7 Å². The monoisotopic (exact) mass is 391 g/mol. The molecule has 146 valence electrons. The fraction of sp³-hybridized carbons (Fsp3) is 0.500. The maximum absolute atomic E-state index is 12.3. The predicted molar refractivity (Wildman–Crippen MR) is 103 cm³/mol. The average molecular weight is 392 g/mol. The smallest absolute Gasteiger partial charge is 0.416 e. The molecule has 0 aromatic carbocycles. The van der Waals surface area contributed by atoms with E-state index in [0.717, 1.165) is 0 Å². The second-order valence-corrected chi connectivity index (χ2v) is 12.9. The quantitative estimate of drug-likeness (QED) is 0.626. The molecular formula is C18H25N3O5Si. The van der Waals surface area contributed by atoms with Crippen molar-refractivity contribution in [1.82, 2.24) is 4.98 Å². The number of hydrogen-bond donors (Lipinski definition) is 1. The van der Waals surface area contributed by atoms with Crippen LogP contribution in [-0.4, -0.2) is 44.6 Å². The number of aromatic nitrogens is 1. The van der Waals surface area contributed by atoms with Crippen LogP contribution in [0.3, 0.4) is 0 Å². The number of nitrogens with one attached hydrogen (secondary N) is 1. The number of fused-ring (bicyclic) bond motifs is 1. The van der Waals surface area contributed by atoms with Crippen molar-refractivity contribution < 1.29 is 23.5 Å². The maximum Gasteiger partial charge on any atom is 0.416 e. The number of cyclic esters (lactones) is 1. The van der Waals surface area contributed by atoms with Crippen LogP contribution in [0.5, 0.6) is 5.75 Å². The summed E-state index contributed by atoms with van der Waals surface area (Å²) in [6, 6.07) is 3.32. The highest BCUT2D eigenvalue weighted by Gasteiger charge is 2.43. The van der Waals surface area contributed by atoms with E-state index in [4.69, 9.17) is 13.9 Å². The highest BCUT2D eigenvalue weighted by atomic mass is 28.4. The maximum atomic E-state index is 12.3. The molecular weight excluding hydrogens is 366 g/mol. The molecule has 0 unspecified atom stereocenters. The van der Waals surface area contributed by atoms with Crippen LogP contribution in [0.15, 0.2) is 24.5 Å². The molecule has 1 saturated heterocycles. The summed E-state index contributed by atoms with van der Waals surface area (Å²) in [6.45, 7) is 14.8. The number of pyridine rings is 1. The summed E-state index contributed by atoms with van der Waals surface area (Å²) >= 11 is 0. The molecule has 1 aromatic rings. The van der Waals surface area contributed by atoms with E-state index in [1.54, 1.807) is 12.1 Å². The van der Waals surface area contributed by atoms with Gasteiger partial charge in [0.15, 0.2) is 24.3 Å². The highest BCUT2D eigenvalue weighted by molar-refractivity contribution is 6.74. The average Bonchev–Trinajstić information content (AvgIpc) is 2.94. The van der Waals surface area contributed by atoms with E-state index in [1.807, 2.05) is 0 Å². The SMILES string of the molecule is C=C(O[Si](C)(C)C(C)(C)C)[C@@H]1CN(c2ccc3c(n2)NC(=O)CO3)C(=O)O1. The van der Waals surface area contributed by atoms with Crippen molar-refractivity contribution >= 4 is 32.0 Å². The molecule has 1 aromatic heterocycles. The van der Waals surface area contributed by atoms with Crippen molar-refractivity contribution in [3.63, 3.8) is 0 Å². The van der Waals surface area contributed by atoms with Gasteiger partial charge in [-0.2, -0.15) is 0 Å². The molecule has 3 rings (SSSR count). The minimum absolute atomic E-state index is 0.0104. The van der Waals surface area contributed by atoms with E-state index >= 15 is 0 Å². The van der Waals surface area contributed by atoms with Crippen LogP contribution in [0.2, 0.25) is 18.1 Å². The minimum atomic E-state index is -2.08. The molecule has 2 amide bonds. The molecule has 0 bridgehead atoms. The second kappa shape index (κ2) is 6.56. The number of nitrogens with zero attached hydrogens (tertiary/aromatic N) is 2. The van der Waals surface area contributed by atoms with Crippen LogP contribution in [-0.2, 0) is 14.0 Å². The van der Waals surface area contributed by atoms with Crippen LogP contribution in [0, 0.1) is 0 Å². The van der Waals surface area contributed by atoms with E-state index in [1.165, 1.54) is 4.90 Å². The lowest BCUT2D eigenvalue weighted by molar-refractivity contribution is -0.118. The van der Waals surface area contributed by atoms with Crippen LogP contribution < -0.4 is 15.0 Å². The predicted octanol–water partition coefficient (Wildman–Crippen LogP) is 3.27. The van der Waals surface area contributed by atoms with Gasteiger partial charge in [-0.15, -0.1) is 0 Å². The lowest BCUT2D eigenvalue weighted by atomic mass is 10.2. The molecule has 8 nitrogen and oxygen atoms in total. The lowest BCUT2D eigenvalue weighted by Crippen LogP contribution is -2.42. The third-order valence-corrected chi connectivity index (χ3v) is 9.48. The van der Waals surface area contributed by atoms with Gasteiger partial charge in [0.05, 0.1) is 6.54 Å². The standard InChI is InChI=1S/C18H25N3O5Si/c1-11(26-27(5,6)18(2,3)4)13-9-21(17(23)25-13)14-8-7-12-16(19-14)20-15(22)10-24-12/h7-8,13H,1,9-10H2,2-6H3,(H,19,20,22)/t13-/m0/s1. The topological polar surface area (TPSA) is 90.0 Å². The van der Waals surface area contributed by atoms with Gasteiger partial charge in [0.2, 0.25) is 8.32 Å². The Morgan fingerprint density at radius 2 is 2.07 bits per heavy atom. The summed E-state index contributed by atoms with van der Waals surface area (Å²) in [4.78, 5) is 29.5. The van der Waals surface area contributed by atoms with Gasteiger partial charge >= 0.3 is 6.09 Å². The Morgan fingerprint density at radius 3 is 2.74 bits per heavy atom. The minimum Gasteiger partial charge on any atom is -0.544 e. The Balaban J connectivity index is 1.73. The molecule has 0 radical (unpaired) electrons. The molecule has 3 heterocycles. The number of rotatable bonds is 4. The molecule has 9 heteroatoms. The number of carbonyl (C=O) groups excluding carboxylic acids is 2. The molecule has 0 aliphatic carbocycles. The second-order valence-electron chi connectivity index (χ2n) is 8.16. The summed E-state index contributed by atoms with van der Waals surface area (Å²) in [5.41, 5.74) is 0. The summed E-state index contributed by atoms with van der Waals surface area (Å²) in [7, 11) is -2.08. The number of carbonyl (C=O) groups is 2. The van der Waals surface area contributed by atoms with Gasteiger partial charge in [-0.1, -0.05) is 27.4 Å². The van der Waals surface area contributed by atoms with Crippen LogP contribution in [0.1, 0.15) is 20.8 Å². The zero-order valence-electron chi connectivity index (χ0n) is 16.3. The van der Waals surface area contributed by atoms with Gasteiger partial charge in [-0.05, 0) is 30.3 Å². The Bertz CT molecular complexity index is 803. The molecule has 27 heavy (non-hydrogen) atoms. The van der Waals surface area contributed by atoms with E-state index < -0.39 is 20.5 Å². The van der Waals surface area contributed by atoms with Crippen molar-refractivity contribution in [2.24, 2.45) is 0 Å². The summed E-state index contributed by atoms with van der Waals surface area (Å²) in [5, 5.41) is 2.64. The number of anilines is 2. The highest BCUT2D eigenvalue weighted by Crippen LogP contribution is 2.39. The molecule has 0 saturated carbocycles. The van der Waals surface area contributed by atoms with E-state index in [9.17, 15) is 9.59 Å². The van der Waals surface area contributed by atoms with Gasteiger partial charge in [-0.25, -0.2) is 9.78 Å². The van der Waals surface area contributed by atoms with E-state index in [0.29, 0.717) is 17.3 Å². The lowest BCUT2D eigenvalue weighted by Gasteiger charge is -2.37. The van der Waals surface area contributed by atoms with Gasteiger partial charge in [0.1, 0.15) is 11.6 Å². The normalized spacial score (nSPS) is 19.7. The molecule has 1 atom stereocenters. The van der Waals surface area contributed by atoms with Gasteiger partial charge in [-0.3, -0.25) is 9.69 Å².